The number of benzene rings is 1. The second-order valence-corrected chi connectivity index (χ2v) is 4.46. The molecule has 0 radical (unpaired) electrons. The summed E-state index contributed by atoms with van der Waals surface area (Å²) in [6.07, 6.45) is 1.69. The second kappa shape index (κ2) is 4.31. The zero-order valence-electron chi connectivity index (χ0n) is 10.1. The number of aromatic nitrogens is 2. The van der Waals surface area contributed by atoms with Gasteiger partial charge in [-0.05, 0) is 6.42 Å². The van der Waals surface area contributed by atoms with E-state index in [0.717, 1.165) is 18.7 Å². The smallest absolute Gasteiger partial charge is 0.270 e. The van der Waals surface area contributed by atoms with E-state index in [0.29, 0.717) is 17.8 Å². The minimum atomic E-state index is -0.455. The number of nitro benzene ring substituents is 1. The van der Waals surface area contributed by atoms with Gasteiger partial charge in [0.1, 0.15) is 5.82 Å². The molecule has 1 aromatic carbocycles. The number of nitrogens with zero attached hydrogens (tertiary/aromatic N) is 3. The summed E-state index contributed by atoms with van der Waals surface area (Å²) in [7, 11) is 0. The van der Waals surface area contributed by atoms with E-state index in [4.69, 9.17) is 0 Å². The fourth-order valence-electron chi connectivity index (χ4n) is 2.31. The average molecular weight is 257 g/mol. The van der Waals surface area contributed by atoms with Crippen molar-refractivity contribution < 1.29 is 4.92 Å². The molecule has 19 heavy (non-hydrogen) atoms. The average Bonchev–Trinajstić information content (AvgIpc) is 2.87. The van der Waals surface area contributed by atoms with Gasteiger partial charge < -0.3 is 0 Å². The lowest BCUT2D eigenvalue weighted by Gasteiger charge is -2.05. The molecule has 0 saturated carbocycles. The van der Waals surface area contributed by atoms with Crippen molar-refractivity contribution in [2.75, 3.05) is 0 Å². The van der Waals surface area contributed by atoms with Crippen LogP contribution in [0.2, 0.25) is 0 Å². The Balaban J connectivity index is 2.12. The van der Waals surface area contributed by atoms with Crippen molar-refractivity contribution >= 4 is 5.69 Å². The van der Waals surface area contributed by atoms with Gasteiger partial charge in [0, 0.05) is 36.7 Å². The first kappa shape index (κ1) is 11.6. The van der Waals surface area contributed by atoms with Gasteiger partial charge in [-0.3, -0.25) is 19.5 Å². The number of hydrogen-bond donors (Lipinski definition) is 0. The molecule has 1 aliphatic rings. The summed E-state index contributed by atoms with van der Waals surface area (Å²) in [4.78, 5) is 26.6. The van der Waals surface area contributed by atoms with Gasteiger partial charge in [0.25, 0.3) is 11.2 Å². The van der Waals surface area contributed by atoms with Crippen LogP contribution in [0.5, 0.6) is 0 Å². The van der Waals surface area contributed by atoms with Crippen molar-refractivity contribution in [3.05, 3.63) is 56.6 Å². The SMILES string of the molecule is O=c1cc(-c2cccc([N+](=O)[O-])c2)nc2n1CCC2. The third-order valence-corrected chi connectivity index (χ3v) is 3.22. The molecule has 6 heteroatoms. The predicted molar refractivity (Wildman–Crippen MR) is 68.9 cm³/mol. The molecule has 0 fully saturated rings. The molecular formula is C13H11N3O3. The highest BCUT2D eigenvalue weighted by Crippen LogP contribution is 2.22. The topological polar surface area (TPSA) is 78.0 Å². The van der Waals surface area contributed by atoms with E-state index in [1.165, 1.54) is 18.2 Å². The quantitative estimate of drug-likeness (QED) is 0.606. The molecule has 0 bridgehead atoms. The second-order valence-electron chi connectivity index (χ2n) is 4.46. The minimum absolute atomic E-state index is 0.0000921. The summed E-state index contributed by atoms with van der Waals surface area (Å²) in [5.41, 5.74) is 1.01. The standard InChI is InChI=1S/C13H11N3O3/c17-13-8-11(14-12-5-2-6-15(12)13)9-3-1-4-10(7-9)16(18)19/h1,3-4,7-8H,2,5-6H2. The molecule has 3 rings (SSSR count). The maximum atomic E-state index is 11.9. The first-order chi connectivity index (χ1) is 9.15. The molecule has 2 aromatic rings. The number of nitro groups is 1. The van der Waals surface area contributed by atoms with Crippen LogP contribution in [0.15, 0.2) is 35.1 Å². The highest BCUT2D eigenvalue weighted by molar-refractivity contribution is 5.62. The number of hydrogen-bond acceptors (Lipinski definition) is 4. The lowest BCUT2D eigenvalue weighted by molar-refractivity contribution is -0.384. The summed E-state index contributed by atoms with van der Waals surface area (Å²) in [6, 6.07) is 7.62. The Morgan fingerprint density at radius 2 is 2.16 bits per heavy atom. The van der Waals surface area contributed by atoms with Crippen LogP contribution in [0, 0.1) is 10.1 Å². The zero-order valence-corrected chi connectivity index (χ0v) is 10.1. The van der Waals surface area contributed by atoms with E-state index in [-0.39, 0.29) is 11.2 Å². The van der Waals surface area contributed by atoms with Gasteiger partial charge in [0.05, 0.1) is 10.6 Å². The normalized spacial score (nSPS) is 13.3. The summed E-state index contributed by atoms with van der Waals surface area (Å²) in [5.74, 6) is 0.758. The number of aryl methyl sites for hydroxylation is 1. The van der Waals surface area contributed by atoms with Crippen LogP contribution in [0.3, 0.4) is 0 Å². The van der Waals surface area contributed by atoms with E-state index >= 15 is 0 Å². The fourth-order valence-corrected chi connectivity index (χ4v) is 2.31. The van der Waals surface area contributed by atoms with Crippen LogP contribution < -0.4 is 5.56 Å². The van der Waals surface area contributed by atoms with Gasteiger partial charge in [-0.1, -0.05) is 12.1 Å². The van der Waals surface area contributed by atoms with E-state index < -0.39 is 4.92 Å². The van der Waals surface area contributed by atoms with Crippen LogP contribution in [0.1, 0.15) is 12.2 Å². The van der Waals surface area contributed by atoms with E-state index in [1.807, 2.05) is 0 Å². The molecule has 96 valence electrons. The van der Waals surface area contributed by atoms with Crippen molar-refractivity contribution in [3.8, 4) is 11.3 Å². The third kappa shape index (κ3) is 2.01. The molecule has 1 aromatic heterocycles. The fraction of sp³-hybridized carbons (Fsp3) is 0.231. The van der Waals surface area contributed by atoms with Crippen LogP contribution in [-0.2, 0) is 13.0 Å². The van der Waals surface area contributed by atoms with Crippen molar-refractivity contribution in [1.29, 1.82) is 0 Å². The molecule has 0 aliphatic carbocycles. The Morgan fingerprint density at radius 3 is 2.95 bits per heavy atom. The lowest BCUT2D eigenvalue weighted by Crippen LogP contribution is -2.20. The maximum Gasteiger partial charge on any atom is 0.270 e. The molecule has 0 saturated heterocycles. The molecule has 2 heterocycles. The van der Waals surface area contributed by atoms with Crippen molar-refractivity contribution in [1.82, 2.24) is 9.55 Å². The minimum Gasteiger partial charge on any atom is -0.297 e. The highest BCUT2D eigenvalue weighted by Gasteiger charge is 2.16. The molecule has 0 amide bonds. The molecule has 1 aliphatic heterocycles. The largest absolute Gasteiger partial charge is 0.297 e. The lowest BCUT2D eigenvalue weighted by atomic mass is 10.1. The van der Waals surface area contributed by atoms with E-state index in [2.05, 4.69) is 4.98 Å². The highest BCUT2D eigenvalue weighted by atomic mass is 16.6. The van der Waals surface area contributed by atoms with Gasteiger partial charge in [-0.25, -0.2) is 4.98 Å². The Bertz CT molecular complexity index is 721. The van der Waals surface area contributed by atoms with Gasteiger partial charge in [-0.2, -0.15) is 0 Å². The maximum absolute atomic E-state index is 11.9. The first-order valence-electron chi connectivity index (χ1n) is 6.01. The summed E-state index contributed by atoms with van der Waals surface area (Å²) >= 11 is 0. The monoisotopic (exact) mass is 257 g/mol. The van der Waals surface area contributed by atoms with Gasteiger partial charge in [-0.15, -0.1) is 0 Å². The Kier molecular flexibility index (Phi) is 2.63. The van der Waals surface area contributed by atoms with Gasteiger partial charge in [0.15, 0.2) is 0 Å². The zero-order chi connectivity index (χ0) is 13.4. The molecule has 0 atom stereocenters. The Morgan fingerprint density at radius 1 is 1.32 bits per heavy atom. The third-order valence-electron chi connectivity index (χ3n) is 3.22. The Labute approximate surface area is 108 Å². The van der Waals surface area contributed by atoms with Crippen molar-refractivity contribution in [2.45, 2.75) is 19.4 Å². The summed E-state index contributed by atoms with van der Waals surface area (Å²) in [5, 5.41) is 10.8. The molecule has 0 N–H and O–H groups in total. The van der Waals surface area contributed by atoms with Crippen LogP contribution >= 0.6 is 0 Å². The van der Waals surface area contributed by atoms with Gasteiger partial charge in [0.2, 0.25) is 0 Å². The molecule has 0 unspecified atom stereocenters. The molecular weight excluding hydrogens is 246 g/mol. The summed E-state index contributed by atoms with van der Waals surface area (Å²) in [6.45, 7) is 0.705. The van der Waals surface area contributed by atoms with Crippen molar-refractivity contribution in [2.24, 2.45) is 0 Å². The van der Waals surface area contributed by atoms with E-state index in [1.54, 1.807) is 16.7 Å². The van der Waals surface area contributed by atoms with Crippen LogP contribution in [0.4, 0.5) is 5.69 Å². The van der Waals surface area contributed by atoms with Crippen molar-refractivity contribution in [3.63, 3.8) is 0 Å². The van der Waals surface area contributed by atoms with Crippen LogP contribution in [-0.4, -0.2) is 14.5 Å². The molecule has 0 spiro atoms. The first-order valence-corrected chi connectivity index (χ1v) is 6.01. The summed E-state index contributed by atoms with van der Waals surface area (Å²) < 4.78 is 1.65. The predicted octanol–water partition coefficient (Wildman–Crippen LogP) is 1.76. The van der Waals surface area contributed by atoms with Crippen LogP contribution in [0.25, 0.3) is 11.3 Å². The Hall–Kier alpha value is -2.50. The number of non-ortho nitro benzene ring substituents is 1. The van der Waals surface area contributed by atoms with E-state index in [9.17, 15) is 14.9 Å². The molecule has 6 nitrogen and oxygen atoms in total. The number of fused-ring (bicyclic) bond motifs is 1. The number of rotatable bonds is 2. The van der Waals surface area contributed by atoms with Gasteiger partial charge >= 0.3 is 0 Å².